The lowest BCUT2D eigenvalue weighted by Gasteiger charge is -2.26. The van der Waals surface area contributed by atoms with E-state index in [1.54, 1.807) is 0 Å². The molecule has 1 fully saturated rings. The number of nitrogens with zero attached hydrogens (tertiary/aromatic N) is 1. The molecular formula is C16H26N2O2S. The smallest absolute Gasteiger partial charge is 0.152 e. The Labute approximate surface area is 128 Å². The summed E-state index contributed by atoms with van der Waals surface area (Å²) in [5.41, 5.74) is 2.60. The lowest BCUT2D eigenvalue weighted by molar-refractivity contribution is 0.287. The van der Waals surface area contributed by atoms with Gasteiger partial charge in [-0.15, -0.1) is 0 Å². The van der Waals surface area contributed by atoms with E-state index in [1.165, 1.54) is 11.1 Å². The van der Waals surface area contributed by atoms with E-state index in [-0.39, 0.29) is 0 Å². The van der Waals surface area contributed by atoms with Crippen LogP contribution in [-0.2, 0) is 22.8 Å². The molecule has 21 heavy (non-hydrogen) atoms. The third kappa shape index (κ3) is 5.77. The molecule has 0 bridgehead atoms. The zero-order valence-electron chi connectivity index (χ0n) is 13.0. The summed E-state index contributed by atoms with van der Waals surface area (Å²) >= 11 is 0. The monoisotopic (exact) mass is 310 g/mol. The Kier molecular flexibility index (Phi) is 5.79. The van der Waals surface area contributed by atoms with Gasteiger partial charge in [-0.2, -0.15) is 0 Å². The van der Waals surface area contributed by atoms with Crippen LogP contribution in [0.2, 0.25) is 0 Å². The Bertz CT molecular complexity index is 524. The molecule has 0 aliphatic carbocycles. The second-order valence-electron chi connectivity index (χ2n) is 6.10. The maximum absolute atomic E-state index is 11.4. The fourth-order valence-corrected chi connectivity index (χ4v) is 3.76. The first-order valence-electron chi connectivity index (χ1n) is 7.68. The minimum Gasteiger partial charge on any atom is -0.314 e. The van der Waals surface area contributed by atoms with Crippen molar-refractivity contribution in [3.8, 4) is 0 Å². The number of benzene rings is 1. The highest BCUT2D eigenvalue weighted by Crippen LogP contribution is 2.11. The SMILES string of the molecule is CC(C)NCCc1ccc(CN2CCS(=O)(=O)CC2)cc1. The number of sulfone groups is 1. The van der Waals surface area contributed by atoms with Crippen LogP contribution in [0.1, 0.15) is 25.0 Å². The Morgan fingerprint density at radius 3 is 2.24 bits per heavy atom. The molecule has 1 aromatic carbocycles. The summed E-state index contributed by atoms with van der Waals surface area (Å²) in [7, 11) is -2.78. The van der Waals surface area contributed by atoms with Crippen LogP contribution >= 0.6 is 0 Å². The molecule has 0 unspecified atom stereocenters. The van der Waals surface area contributed by atoms with Gasteiger partial charge in [0.1, 0.15) is 0 Å². The van der Waals surface area contributed by atoms with Crippen molar-refractivity contribution >= 4 is 9.84 Å². The van der Waals surface area contributed by atoms with E-state index in [0.717, 1.165) is 19.5 Å². The van der Waals surface area contributed by atoms with Crippen molar-refractivity contribution < 1.29 is 8.42 Å². The summed E-state index contributed by atoms with van der Waals surface area (Å²) in [6.45, 7) is 7.47. The van der Waals surface area contributed by atoms with Gasteiger partial charge >= 0.3 is 0 Å². The van der Waals surface area contributed by atoms with Crippen LogP contribution in [0.25, 0.3) is 0 Å². The number of hydrogen-bond donors (Lipinski definition) is 1. The van der Waals surface area contributed by atoms with E-state index in [9.17, 15) is 8.42 Å². The molecule has 0 spiro atoms. The van der Waals surface area contributed by atoms with E-state index in [2.05, 4.69) is 48.3 Å². The molecular weight excluding hydrogens is 284 g/mol. The van der Waals surface area contributed by atoms with E-state index in [0.29, 0.717) is 30.6 Å². The van der Waals surface area contributed by atoms with E-state index in [1.807, 2.05) is 0 Å². The minimum absolute atomic E-state index is 0.298. The van der Waals surface area contributed by atoms with Crippen molar-refractivity contribution in [1.82, 2.24) is 10.2 Å². The topological polar surface area (TPSA) is 49.4 Å². The highest BCUT2D eigenvalue weighted by atomic mass is 32.2. The second kappa shape index (κ2) is 7.38. The molecule has 2 rings (SSSR count). The zero-order valence-corrected chi connectivity index (χ0v) is 13.8. The van der Waals surface area contributed by atoms with Crippen LogP contribution in [-0.4, -0.2) is 50.5 Å². The largest absolute Gasteiger partial charge is 0.314 e. The van der Waals surface area contributed by atoms with Crippen molar-refractivity contribution in [3.05, 3.63) is 35.4 Å². The Morgan fingerprint density at radius 2 is 1.67 bits per heavy atom. The van der Waals surface area contributed by atoms with E-state index < -0.39 is 9.84 Å². The Morgan fingerprint density at radius 1 is 1.10 bits per heavy atom. The van der Waals surface area contributed by atoms with Gasteiger partial charge in [-0.25, -0.2) is 8.42 Å². The van der Waals surface area contributed by atoms with Gasteiger partial charge in [0.05, 0.1) is 11.5 Å². The average Bonchev–Trinajstić information content (AvgIpc) is 2.43. The Balaban J connectivity index is 1.80. The summed E-state index contributed by atoms with van der Waals surface area (Å²) in [5, 5.41) is 3.42. The van der Waals surface area contributed by atoms with Crippen LogP contribution in [0.4, 0.5) is 0 Å². The number of nitrogens with one attached hydrogen (secondary N) is 1. The molecule has 118 valence electrons. The third-order valence-corrected chi connectivity index (χ3v) is 5.44. The molecule has 0 saturated carbocycles. The molecule has 1 aromatic rings. The number of hydrogen-bond acceptors (Lipinski definition) is 4. The first kappa shape index (κ1) is 16.5. The average molecular weight is 310 g/mol. The predicted octanol–water partition coefficient (Wildman–Crippen LogP) is 1.46. The lowest BCUT2D eigenvalue weighted by Crippen LogP contribution is -2.39. The van der Waals surface area contributed by atoms with Crippen LogP contribution in [0.5, 0.6) is 0 Å². The molecule has 1 aliphatic rings. The lowest BCUT2D eigenvalue weighted by atomic mass is 10.1. The predicted molar refractivity (Wildman–Crippen MR) is 87.2 cm³/mol. The molecule has 1 N–H and O–H groups in total. The summed E-state index contributed by atoms with van der Waals surface area (Å²) in [6, 6.07) is 9.21. The highest BCUT2D eigenvalue weighted by Gasteiger charge is 2.21. The van der Waals surface area contributed by atoms with E-state index >= 15 is 0 Å². The minimum atomic E-state index is -2.78. The fourth-order valence-electron chi connectivity index (χ4n) is 2.48. The van der Waals surface area contributed by atoms with Crippen molar-refractivity contribution in [2.45, 2.75) is 32.9 Å². The molecule has 0 aromatic heterocycles. The van der Waals surface area contributed by atoms with Crippen molar-refractivity contribution in [2.24, 2.45) is 0 Å². The molecule has 1 saturated heterocycles. The number of rotatable bonds is 6. The summed E-state index contributed by atoms with van der Waals surface area (Å²) in [4.78, 5) is 2.22. The van der Waals surface area contributed by atoms with Gasteiger partial charge in [0.15, 0.2) is 9.84 Å². The molecule has 0 amide bonds. The molecule has 0 atom stereocenters. The van der Waals surface area contributed by atoms with Crippen LogP contribution in [0, 0.1) is 0 Å². The van der Waals surface area contributed by atoms with Gasteiger partial charge < -0.3 is 5.32 Å². The van der Waals surface area contributed by atoms with Gasteiger partial charge in [-0.1, -0.05) is 38.1 Å². The molecule has 5 heteroatoms. The fraction of sp³-hybridized carbons (Fsp3) is 0.625. The van der Waals surface area contributed by atoms with E-state index in [4.69, 9.17) is 0 Å². The standard InChI is InChI=1S/C16H26N2O2S/c1-14(2)17-8-7-15-3-5-16(6-4-15)13-18-9-11-21(19,20)12-10-18/h3-6,14,17H,7-13H2,1-2H3. The Hall–Kier alpha value is -0.910. The molecule has 0 radical (unpaired) electrons. The van der Waals surface area contributed by atoms with Gasteiger partial charge in [-0.3, -0.25) is 4.90 Å². The normalized spacial score (nSPS) is 19.0. The van der Waals surface area contributed by atoms with Gasteiger partial charge in [0, 0.05) is 25.7 Å². The summed E-state index contributed by atoms with van der Waals surface area (Å²) < 4.78 is 22.8. The molecule has 1 aliphatic heterocycles. The first-order chi connectivity index (χ1) is 9.94. The molecule has 1 heterocycles. The third-order valence-electron chi connectivity index (χ3n) is 3.83. The van der Waals surface area contributed by atoms with Gasteiger partial charge in [-0.05, 0) is 24.1 Å². The second-order valence-corrected chi connectivity index (χ2v) is 8.41. The summed E-state index contributed by atoms with van der Waals surface area (Å²) in [5.74, 6) is 0.595. The maximum atomic E-state index is 11.4. The van der Waals surface area contributed by atoms with Crippen LogP contribution in [0.3, 0.4) is 0 Å². The first-order valence-corrected chi connectivity index (χ1v) is 9.51. The van der Waals surface area contributed by atoms with Crippen LogP contribution in [0.15, 0.2) is 24.3 Å². The highest BCUT2D eigenvalue weighted by molar-refractivity contribution is 7.91. The van der Waals surface area contributed by atoms with Crippen molar-refractivity contribution in [1.29, 1.82) is 0 Å². The van der Waals surface area contributed by atoms with Crippen molar-refractivity contribution in [3.63, 3.8) is 0 Å². The summed E-state index contributed by atoms with van der Waals surface area (Å²) in [6.07, 6.45) is 1.04. The maximum Gasteiger partial charge on any atom is 0.152 e. The van der Waals surface area contributed by atoms with Gasteiger partial charge in [0.2, 0.25) is 0 Å². The molecule has 4 nitrogen and oxygen atoms in total. The van der Waals surface area contributed by atoms with Crippen molar-refractivity contribution in [2.75, 3.05) is 31.1 Å². The zero-order chi connectivity index (χ0) is 15.3. The van der Waals surface area contributed by atoms with Crippen LogP contribution < -0.4 is 5.32 Å². The quantitative estimate of drug-likeness (QED) is 0.864. The van der Waals surface area contributed by atoms with Gasteiger partial charge in [0.25, 0.3) is 0 Å².